The molecule has 0 aliphatic rings. The number of ketones is 1. The number of alkyl halides is 2. The van der Waals surface area contributed by atoms with Crippen LogP contribution in [0, 0.1) is 11.6 Å². The molecule has 14 heavy (non-hydrogen) atoms. The zero-order valence-corrected chi connectivity index (χ0v) is 7.15. The lowest BCUT2D eigenvalue weighted by Gasteiger charge is -2.09. The van der Waals surface area contributed by atoms with Gasteiger partial charge < -0.3 is 0 Å². The summed E-state index contributed by atoms with van der Waals surface area (Å²) in [6, 6.07) is 1.84. The highest BCUT2D eigenvalue weighted by Gasteiger charge is 2.35. The topological polar surface area (TPSA) is 17.1 Å². The number of benzene rings is 1. The van der Waals surface area contributed by atoms with E-state index in [2.05, 4.69) is 0 Å². The van der Waals surface area contributed by atoms with E-state index in [9.17, 15) is 22.4 Å². The summed E-state index contributed by atoms with van der Waals surface area (Å²) < 4.78 is 50.3. The van der Waals surface area contributed by atoms with Crippen molar-refractivity contribution in [3.05, 3.63) is 35.4 Å². The van der Waals surface area contributed by atoms with Crippen LogP contribution in [0.1, 0.15) is 17.3 Å². The molecule has 1 rings (SSSR count). The second-order valence-corrected chi connectivity index (χ2v) is 2.84. The van der Waals surface area contributed by atoms with Gasteiger partial charge in [-0.3, -0.25) is 4.79 Å². The number of halogens is 4. The Morgan fingerprint density at radius 3 is 2.36 bits per heavy atom. The van der Waals surface area contributed by atoms with Gasteiger partial charge in [0, 0.05) is 6.92 Å². The molecule has 1 aromatic carbocycles. The Hall–Kier alpha value is -1.39. The van der Waals surface area contributed by atoms with Gasteiger partial charge in [-0.05, 0) is 18.2 Å². The first-order valence-electron chi connectivity index (χ1n) is 3.70. The van der Waals surface area contributed by atoms with Gasteiger partial charge in [0.15, 0.2) is 0 Å². The van der Waals surface area contributed by atoms with Crippen LogP contribution in [0.15, 0.2) is 18.2 Å². The molecular weight excluding hydrogens is 200 g/mol. The van der Waals surface area contributed by atoms with Crippen LogP contribution in [0.25, 0.3) is 0 Å². The van der Waals surface area contributed by atoms with Gasteiger partial charge in [-0.15, -0.1) is 0 Å². The third kappa shape index (κ3) is 2.10. The maximum Gasteiger partial charge on any atom is 0.307 e. The molecule has 0 spiro atoms. The summed E-state index contributed by atoms with van der Waals surface area (Å²) in [5.74, 6) is -7.51. The fourth-order valence-electron chi connectivity index (χ4n) is 0.908. The molecule has 1 aromatic rings. The average molecular weight is 206 g/mol. The molecule has 0 N–H and O–H groups in total. The van der Waals surface area contributed by atoms with Crippen molar-refractivity contribution < 1.29 is 22.4 Å². The molecule has 0 aliphatic carbocycles. The Labute approximate surface area is 77.3 Å². The Kier molecular flexibility index (Phi) is 2.59. The summed E-state index contributed by atoms with van der Waals surface area (Å²) in [4.78, 5) is 10.9. The maximum absolute atomic E-state index is 12.8. The summed E-state index contributed by atoms with van der Waals surface area (Å²) in [6.07, 6.45) is 0. The van der Waals surface area contributed by atoms with E-state index >= 15 is 0 Å². The van der Waals surface area contributed by atoms with Crippen molar-refractivity contribution in [2.24, 2.45) is 0 Å². The smallest absolute Gasteiger partial charge is 0.287 e. The first-order valence-corrected chi connectivity index (χ1v) is 3.70. The first kappa shape index (κ1) is 10.7. The maximum atomic E-state index is 12.8. The van der Waals surface area contributed by atoms with E-state index in [1.54, 1.807) is 0 Å². The molecule has 0 saturated carbocycles. The molecule has 0 atom stereocenters. The second kappa shape index (κ2) is 3.40. The zero-order valence-electron chi connectivity index (χ0n) is 7.15. The highest BCUT2D eigenvalue weighted by atomic mass is 19.3. The van der Waals surface area contributed by atoms with Crippen molar-refractivity contribution in [1.82, 2.24) is 0 Å². The van der Waals surface area contributed by atoms with Crippen LogP contribution in [-0.2, 0) is 0 Å². The summed E-state index contributed by atoms with van der Waals surface area (Å²) >= 11 is 0. The minimum atomic E-state index is -3.70. The SMILES string of the molecule is CC(F)(F)C(=O)c1cc(F)ccc1F. The third-order valence-electron chi connectivity index (χ3n) is 1.57. The first-order chi connectivity index (χ1) is 6.32. The fraction of sp³-hybridized carbons (Fsp3) is 0.222. The normalized spacial score (nSPS) is 11.5. The molecule has 0 saturated heterocycles. The van der Waals surface area contributed by atoms with Crippen molar-refractivity contribution in [2.45, 2.75) is 12.8 Å². The minimum absolute atomic E-state index is 0.333. The number of carbonyl (C=O) groups is 1. The summed E-state index contributed by atoms with van der Waals surface area (Å²) in [5, 5.41) is 0. The molecule has 0 heterocycles. The molecule has 0 fully saturated rings. The Morgan fingerprint density at radius 2 is 1.86 bits per heavy atom. The van der Waals surface area contributed by atoms with E-state index in [0.717, 1.165) is 6.07 Å². The largest absolute Gasteiger partial charge is 0.307 e. The summed E-state index contributed by atoms with van der Waals surface area (Å²) in [7, 11) is 0. The van der Waals surface area contributed by atoms with E-state index in [1.165, 1.54) is 0 Å². The number of rotatable bonds is 2. The van der Waals surface area contributed by atoms with E-state index in [-0.39, 0.29) is 0 Å². The number of hydrogen-bond donors (Lipinski definition) is 0. The van der Waals surface area contributed by atoms with Gasteiger partial charge >= 0.3 is 5.92 Å². The molecule has 0 bridgehead atoms. The number of carbonyl (C=O) groups excluding carboxylic acids is 1. The van der Waals surface area contributed by atoms with E-state index in [1.807, 2.05) is 0 Å². The molecule has 0 aliphatic heterocycles. The van der Waals surface area contributed by atoms with E-state index in [4.69, 9.17) is 0 Å². The second-order valence-electron chi connectivity index (χ2n) is 2.84. The van der Waals surface area contributed by atoms with Gasteiger partial charge in [0.2, 0.25) is 5.78 Å². The predicted molar refractivity (Wildman–Crippen MR) is 41.3 cm³/mol. The van der Waals surface area contributed by atoms with Gasteiger partial charge in [0.25, 0.3) is 0 Å². The zero-order chi connectivity index (χ0) is 10.9. The molecule has 5 heteroatoms. The molecular formula is C9H6F4O. The van der Waals surface area contributed by atoms with Gasteiger partial charge in [-0.2, -0.15) is 8.78 Å². The van der Waals surface area contributed by atoms with Crippen LogP contribution in [0.3, 0.4) is 0 Å². The third-order valence-corrected chi connectivity index (χ3v) is 1.57. The highest BCUT2D eigenvalue weighted by molar-refractivity contribution is 6.01. The van der Waals surface area contributed by atoms with Crippen molar-refractivity contribution in [1.29, 1.82) is 0 Å². The molecule has 76 valence electrons. The quantitative estimate of drug-likeness (QED) is 0.537. The van der Waals surface area contributed by atoms with Gasteiger partial charge in [-0.1, -0.05) is 0 Å². The van der Waals surface area contributed by atoms with Crippen LogP contribution in [-0.4, -0.2) is 11.7 Å². The van der Waals surface area contributed by atoms with Gasteiger partial charge in [-0.25, -0.2) is 8.78 Å². The Bertz CT molecular complexity index is 368. The van der Waals surface area contributed by atoms with Crippen molar-refractivity contribution in [3.8, 4) is 0 Å². The van der Waals surface area contributed by atoms with Crippen molar-refractivity contribution >= 4 is 5.78 Å². The fourth-order valence-corrected chi connectivity index (χ4v) is 0.908. The minimum Gasteiger partial charge on any atom is -0.287 e. The van der Waals surface area contributed by atoms with Crippen LogP contribution < -0.4 is 0 Å². The van der Waals surface area contributed by atoms with Crippen molar-refractivity contribution in [3.63, 3.8) is 0 Å². The Morgan fingerprint density at radius 1 is 1.29 bits per heavy atom. The summed E-state index contributed by atoms with van der Waals surface area (Å²) in [6.45, 7) is 0.333. The molecule has 0 radical (unpaired) electrons. The lowest BCUT2D eigenvalue weighted by atomic mass is 10.1. The predicted octanol–water partition coefficient (Wildman–Crippen LogP) is 2.80. The lowest BCUT2D eigenvalue weighted by Crippen LogP contribution is -2.25. The van der Waals surface area contributed by atoms with Crippen molar-refractivity contribution in [2.75, 3.05) is 0 Å². The molecule has 0 unspecified atom stereocenters. The van der Waals surface area contributed by atoms with Crippen LogP contribution in [0.5, 0.6) is 0 Å². The van der Waals surface area contributed by atoms with E-state index < -0.39 is 28.9 Å². The highest BCUT2D eigenvalue weighted by Crippen LogP contribution is 2.21. The lowest BCUT2D eigenvalue weighted by molar-refractivity contribution is 0.0217. The van der Waals surface area contributed by atoms with Crippen LogP contribution in [0.2, 0.25) is 0 Å². The van der Waals surface area contributed by atoms with Gasteiger partial charge in [0.05, 0.1) is 5.56 Å². The molecule has 1 nitrogen and oxygen atoms in total. The number of hydrogen-bond acceptors (Lipinski definition) is 1. The monoisotopic (exact) mass is 206 g/mol. The standard InChI is InChI=1S/C9H6F4O/c1-9(12,13)8(14)6-4-5(10)2-3-7(6)11/h2-4H,1H3. The Balaban J connectivity index is 3.19. The molecule has 0 aromatic heterocycles. The molecule has 0 amide bonds. The van der Waals surface area contributed by atoms with Crippen LogP contribution in [0.4, 0.5) is 17.6 Å². The number of Topliss-reactive ketones (excluding diaryl/α,β-unsaturated/α-hetero) is 1. The van der Waals surface area contributed by atoms with Gasteiger partial charge in [0.1, 0.15) is 11.6 Å². The average Bonchev–Trinajstić information content (AvgIpc) is 2.06. The van der Waals surface area contributed by atoms with Crippen LogP contribution >= 0.6 is 0 Å². The van der Waals surface area contributed by atoms with E-state index in [0.29, 0.717) is 19.1 Å². The summed E-state index contributed by atoms with van der Waals surface area (Å²) in [5.41, 5.74) is -0.933.